The number of carbonyl (C=O) groups is 1. The van der Waals surface area contributed by atoms with Gasteiger partial charge in [-0.05, 0) is 38.0 Å². The Balaban J connectivity index is 1.61. The molecule has 2 N–H and O–H groups in total. The van der Waals surface area contributed by atoms with Crippen molar-refractivity contribution in [2.24, 2.45) is 0 Å². The lowest BCUT2D eigenvalue weighted by Gasteiger charge is -2.16. The van der Waals surface area contributed by atoms with Crippen LogP contribution >= 0.6 is 8.38 Å². The number of fused-ring (bicyclic) bond motifs is 1. The minimum atomic E-state index is -1.73. The first-order valence-corrected chi connectivity index (χ1v) is 10.8. The second kappa shape index (κ2) is 9.94. The summed E-state index contributed by atoms with van der Waals surface area (Å²) in [6.07, 6.45) is 2.33. The third-order valence-electron chi connectivity index (χ3n) is 4.79. The van der Waals surface area contributed by atoms with Crippen LogP contribution < -0.4 is 9.26 Å². The molecule has 0 aromatic heterocycles. The molecule has 2 aromatic rings. The maximum absolute atomic E-state index is 12.0. The number of ether oxygens (including phenoxy) is 3. The average Bonchev–Trinajstić information content (AvgIpc) is 3.12. The van der Waals surface area contributed by atoms with Gasteiger partial charge in [-0.15, -0.1) is 0 Å². The summed E-state index contributed by atoms with van der Waals surface area (Å²) in [6.45, 7) is 4.17. The molecule has 1 unspecified atom stereocenters. The van der Waals surface area contributed by atoms with Crippen molar-refractivity contribution in [3.05, 3.63) is 64.2 Å². The lowest BCUT2D eigenvalue weighted by Crippen LogP contribution is -2.04. The zero-order valence-corrected chi connectivity index (χ0v) is 18.1. The Morgan fingerprint density at radius 1 is 1.30 bits per heavy atom. The number of cyclic esters (lactones) is 1. The summed E-state index contributed by atoms with van der Waals surface area (Å²) in [4.78, 5) is 22.0. The summed E-state index contributed by atoms with van der Waals surface area (Å²) in [5, 5.41) is 10.6. The molecule has 0 bridgehead atoms. The van der Waals surface area contributed by atoms with Gasteiger partial charge in [-0.2, -0.15) is 0 Å². The highest BCUT2D eigenvalue weighted by atomic mass is 31.2. The number of methoxy groups -OCH3 is 1. The van der Waals surface area contributed by atoms with Crippen LogP contribution in [0.25, 0.3) is 0 Å². The fourth-order valence-corrected chi connectivity index (χ4v) is 3.94. The van der Waals surface area contributed by atoms with Crippen LogP contribution in [0.1, 0.15) is 34.0 Å². The first-order chi connectivity index (χ1) is 14.4. The first-order valence-electron chi connectivity index (χ1n) is 9.43. The van der Waals surface area contributed by atoms with E-state index in [1.54, 1.807) is 12.1 Å². The predicted molar refractivity (Wildman–Crippen MR) is 113 cm³/mol. The van der Waals surface area contributed by atoms with Crippen molar-refractivity contribution in [3.8, 4) is 17.2 Å². The Bertz CT molecular complexity index is 940. The molecule has 1 aliphatic heterocycles. The number of allylic oxidation sites excluding steroid dienone is 1. The van der Waals surface area contributed by atoms with E-state index < -0.39 is 14.3 Å². The molecular formula is C22H25O7P. The Labute approximate surface area is 176 Å². The molecule has 0 saturated heterocycles. The van der Waals surface area contributed by atoms with Gasteiger partial charge in [0.2, 0.25) is 0 Å². The van der Waals surface area contributed by atoms with E-state index in [0.29, 0.717) is 35.7 Å². The van der Waals surface area contributed by atoms with E-state index in [4.69, 9.17) is 18.7 Å². The second-order valence-corrected chi connectivity index (χ2v) is 8.05. The molecule has 1 heterocycles. The summed E-state index contributed by atoms with van der Waals surface area (Å²) < 4.78 is 21.5. The van der Waals surface area contributed by atoms with E-state index in [9.17, 15) is 14.8 Å². The minimum Gasteiger partial charge on any atom is -0.507 e. The average molecular weight is 432 g/mol. The summed E-state index contributed by atoms with van der Waals surface area (Å²) >= 11 is 0. The van der Waals surface area contributed by atoms with Crippen molar-refractivity contribution in [1.82, 2.24) is 0 Å². The van der Waals surface area contributed by atoms with Crippen LogP contribution in [-0.2, 0) is 22.5 Å². The molecule has 2 aromatic carbocycles. The van der Waals surface area contributed by atoms with Crippen molar-refractivity contribution < 1.29 is 33.5 Å². The van der Waals surface area contributed by atoms with Crippen LogP contribution in [0.15, 0.2) is 42.0 Å². The van der Waals surface area contributed by atoms with E-state index in [0.717, 1.165) is 11.1 Å². The zero-order chi connectivity index (χ0) is 21.7. The monoisotopic (exact) mass is 432 g/mol. The number of carbonyl (C=O) groups excluding carboxylic acids is 1. The maximum Gasteiger partial charge on any atom is 0.342 e. The van der Waals surface area contributed by atoms with Gasteiger partial charge >= 0.3 is 5.97 Å². The number of hydrogen-bond donors (Lipinski definition) is 2. The highest BCUT2D eigenvalue weighted by molar-refractivity contribution is 7.46. The Kier molecular flexibility index (Phi) is 7.32. The smallest absolute Gasteiger partial charge is 0.342 e. The van der Waals surface area contributed by atoms with Crippen LogP contribution in [0.2, 0.25) is 0 Å². The van der Waals surface area contributed by atoms with Gasteiger partial charge in [0.15, 0.2) is 0 Å². The van der Waals surface area contributed by atoms with Crippen LogP contribution in [0, 0.1) is 6.92 Å². The van der Waals surface area contributed by atoms with Crippen LogP contribution in [0.4, 0.5) is 0 Å². The molecule has 7 nitrogen and oxygen atoms in total. The predicted octanol–water partition coefficient (Wildman–Crippen LogP) is 4.23. The van der Waals surface area contributed by atoms with Crippen molar-refractivity contribution in [3.63, 3.8) is 0 Å². The molecule has 1 atom stereocenters. The molecule has 3 rings (SSSR count). The summed E-state index contributed by atoms with van der Waals surface area (Å²) in [7, 11) is -0.194. The molecular weight excluding hydrogens is 407 g/mol. The Hall–Kier alpha value is -2.60. The van der Waals surface area contributed by atoms with Gasteiger partial charge in [0.05, 0.1) is 13.7 Å². The SMILES string of the molecule is COc1c(C)c2c(c(O)c1C/C=C(\C)COCP(O)Oc1ccccc1)C(=O)OC2. The largest absolute Gasteiger partial charge is 0.507 e. The van der Waals surface area contributed by atoms with Gasteiger partial charge in [0, 0.05) is 11.1 Å². The minimum absolute atomic E-state index is 0.0772. The number of hydrogen-bond acceptors (Lipinski definition) is 7. The zero-order valence-electron chi connectivity index (χ0n) is 17.2. The molecule has 0 fully saturated rings. The first kappa shape index (κ1) is 22.1. The van der Waals surface area contributed by atoms with Gasteiger partial charge in [-0.3, -0.25) is 0 Å². The van der Waals surface area contributed by atoms with Gasteiger partial charge in [-0.1, -0.05) is 29.8 Å². The molecule has 1 aliphatic rings. The van der Waals surface area contributed by atoms with E-state index in [1.807, 2.05) is 38.1 Å². The highest BCUT2D eigenvalue weighted by Gasteiger charge is 2.31. The third-order valence-corrected chi connectivity index (χ3v) is 5.61. The van der Waals surface area contributed by atoms with Gasteiger partial charge in [0.1, 0.15) is 35.8 Å². The Morgan fingerprint density at radius 2 is 2.03 bits per heavy atom. The van der Waals surface area contributed by atoms with Crippen molar-refractivity contribution in [2.45, 2.75) is 26.9 Å². The summed E-state index contributed by atoms with van der Waals surface area (Å²) in [6, 6.07) is 9.07. The molecule has 0 aliphatic carbocycles. The van der Waals surface area contributed by atoms with Gasteiger partial charge in [0.25, 0.3) is 8.38 Å². The lowest BCUT2D eigenvalue weighted by atomic mass is 9.95. The quantitative estimate of drug-likeness (QED) is 0.348. The Morgan fingerprint density at radius 3 is 2.73 bits per heavy atom. The topological polar surface area (TPSA) is 94.5 Å². The molecule has 0 amide bonds. The number of phenolic OH excluding ortho intramolecular Hbond substituents is 1. The van der Waals surface area contributed by atoms with Crippen LogP contribution in [0.3, 0.4) is 0 Å². The molecule has 30 heavy (non-hydrogen) atoms. The molecule has 0 saturated carbocycles. The van der Waals surface area contributed by atoms with Gasteiger partial charge < -0.3 is 28.7 Å². The van der Waals surface area contributed by atoms with E-state index in [2.05, 4.69) is 0 Å². The number of benzene rings is 2. The van der Waals surface area contributed by atoms with E-state index in [1.165, 1.54) is 7.11 Å². The second-order valence-electron chi connectivity index (χ2n) is 6.90. The number of esters is 1. The fraction of sp³-hybridized carbons (Fsp3) is 0.318. The van der Waals surface area contributed by atoms with Crippen LogP contribution in [-0.4, -0.2) is 36.0 Å². The van der Waals surface area contributed by atoms with E-state index >= 15 is 0 Å². The standard InChI is InChI=1S/C22H25O7P/c1-14(11-27-13-30(25)29-16-7-5-4-6-8-16)9-10-17-20(23)19-18(12-28-22(19)24)15(2)21(17)26-3/h4-9,23,25H,10-13H2,1-3H3/b14-9+. The van der Waals surface area contributed by atoms with Crippen molar-refractivity contribution in [2.75, 3.05) is 20.1 Å². The third kappa shape index (κ3) is 4.93. The normalized spacial score (nSPS) is 14.3. The molecule has 0 spiro atoms. The summed E-state index contributed by atoms with van der Waals surface area (Å²) in [5.74, 6) is 0.517. The number of rotatable bonds is 9. The number of phenols is 1. The fourth-order valence-electron chi connectivity index (χ4n) is 3.28. The molecule has 0 radical (unpaired) electrons. The van der Waals surface area contributed by atoms with E-state index in [-0.39, 0.29) is 24.3 Å². The van der Waals surface area contributed by atoms with Gasteiger partial charge in [-0.25, -0.2) is 4.79 Å². The lowest BCUT2D eigenvalue weighted by molar-refractivity contribution is 0.0533. The number of aromatic hydroxyl groups is 1. The maximum atomic E-state index is 12.0. The van der Waals surface area contributed by atoms with Crippen molar-refractivity contribution in [1.29, 1.82) is 0 Å². The molecule has 8 heteroatoms. The van der Waals surface area contributed by atoms with Crippen LogP contribution in [0.5, 0.6) is 17.2 Å². The molecule has 160 valence electrons. The summed E-state index contributed by atoms with van der Waals surface area (Å²) in [5.41, 5.74) is 3.10. The highest BCUT2D eigenvalue weighted by Crippen LogP contribution is 2.42. The van der Waals surface area contributed by atoms with Crippen molar-refractivity contribution >= 4 is 14.3 Å². The number of para-hydroxylation sites is 1.